The van der Waals surface area contributed by atoms with Gasteiger partial charge in [0.2, 0.25) is 0 Å². The Hall–Kier alpha value is -0.420. The molecule has 0 bridgehead atoms. The highest BCUT2D eigenvalue weighted by Gasteiger charge is 2.61. The molecule has 27 heavy (non-hydrogen) atoms. The Morgan fingerprint density at radius 3 is 2.59 bits per heavy atom. The molecule has 0 aromatic rings. The summed E-state index contributed by atoms with van der Waals surface area (Å²) in [6.07, 6.45) is 12.5. The van der Waals surface area contributed by atoms with Gasteiger partial charge in [0.05, 0.1) is 25.9 Å². The topological polar surface area (TPSA) is 36.9 Å². The zero-order valence-corrected chi connectivity index (χ0v) is 17.3. The monoisotopic (exact) mass is 376 g/mol. The lowest BCUT2D eigenvalue weighted by atomic mass is 9.47. The van der Waals surface area contributed by atoms with Gasteiger partial charge in [0.1, 0.15) is 0 Å². The first-order chi connectivity index (χ1) is 13.1. The van der Waals surface area contributed by atoms with Crippen LogP contribution in [0.4, 0.5) is 0 Å². The Balaban J connectivity index is 1.48. The summed E-state index contributed by atoms with van der Waals surface area (Å²) < 4.78 is 24.0. The summed E-state index contributed by atoms with van der Waals surface area (Å²) in [7, 11) is 3.80. The van der Waals surface area contributed by atoms with Crippen molar-refractivity contribution in [2.75, 3.05) is 34.0 Å². The first-order valence-electron chi connectivity index (χ1n) is 11.1. The van der Waals surface area contributed by atoms with Gasteiger partial charge in [-0.05, 0) is 61.7 Å². The average molecular weight is 377 g/mol. The number of fused-ring (bicyclic) bond motifs is 5. The second-order valence-corrected chi connectivity index (χ2v) is 10.1. The van der Waals surface area contributed by atoms with Gasteiger partial charge in [0.25, 0.3) is 0 Å². The van der Waals surface area contributed by atoms with Gasteiger partial charge in [-0.1, -0.05) is 18.6 Å². The summed E-state index contributed by atoms with van der Waals surface area (Å²) >= 11 is 0. The summed E-state index contributed by atoms with van der Waals surface area (Å²) in [5, 5.41) is 0. The van der Waals surface area contributed by atoms with Crippen molar-refractivity contribution in [3.63, 3.8) is 0 Å². The molecule has 1 spiro atoms. The minimum atomic E-state index is -0.340. The molecule has 0 aromatic heterocycles. The largest absolute Gasteiger partial charge is 0.384 e. The third kappa shape index (κ3) is 2.56. The van der Waals surface area contributed by atoms with E-state index in [0.29, 0.717) is 11.5 Å². The van der Waals surface area contributed by atoms with Crippen LogP contribution in [0.15, 0.2) is 11.6 Å². The second kappa shape index (κ2) is 6.55. The molecule has 5 rings (SSSR count). The fourth-order valence-electron chi connectivity index (χ4n) is 8.02. The van der Waals surface area contributed by atoms with E-state index < -0.39 is 0 Å². The molecular weight excluding hydrogens is 340 g/mol. The van der Waals surface area contributed by atoms with Crippen LogP contribution in [-0.4, -0.2) is 45.9 Å². The molecule has 4 heteroatoms. The number of allylic oxidation sites excluding steroid dienone is 1. The Morgan fingerprint density at radius 1 is 1.04 bits per heavy atom. The minimum Gasteiger partial charge on any atom is -0.384 e. The summed E-state index contributed by atoms with van der Waals surface area (Å²) in [6, 6.07) is 0. The van der Waals surface area contributed by atoms with Crippen molar-refractivity contribution < 1.29 is 18.9 Å². The minimum absolute atomic E-state index is 0.199. The van der Waals surface area contributed by atoms with Gasteiger partial charge in [0.15, 0.2) is 5.79 Å². The van der Waals surface area contributed by atoms with Crippen LogP contribution in [0, 0.1) is 28.6 Å². The Bertz CT molecular complexity index is 609. The van der Waals surface area contributed by atoms with E-state index in [0.717, 1.165) is 56.8 Å². The Labute approximate surface area is 164 Å². The maximum Gasteiger partial charge on any atom is 0.172 e. The number of methoxy groups -OCH3 is 2. The number of rotatable bonds is 3. The van der Waals surface area contributed by atoms with Crippen molar-refractivity contribution in [1.82, 2.24) is 0 Å². The van der Waals surface area contributed by atoms with Crippen molar-refractivity contribution in [2.24, 2.45) is 28.6 Å². The van der Waals surface area contributed by atoms with Gasteiger partial charge in [-0.2, -0.15) is 0 Å². The summed E-state index contributed by atoms with van der Waals surface area (Å²) in [4.78, 5) is 0. The Morgan fingerprint density at radius 2 is 1.85 bits per heavy atom. The van der Waals surface area contributed by atoms with Gasteiger partial charge >= 0.3 is 0 Å². The standard InChI is InChI=1S/C23H36O4/c1-21-9-8-19-17(18(21)6-7-20(21)25-3)5-4-16-14-23(26-12-13-27-23)11-10-22(16,19)15-24-2/h4,17-20H,5-15H2,1-3H3. The van der Waals surface area contributed by atoms with Gasteiger partial charge in [0, 0.05) is 32.5 Å². The molecule has 4 fully saturated rings. The van der Waals surface area contributed by atoms with Crippen molar-refractivity contribution >= 4 is 0 Å². The van der Waals surface area contributed by atoms with Crippen LogP contribution in [-0.2, 0) is 18.9 Å². The molecule has 4 aliphatic carbocycles. The fourth-order valence-corrected chi connectivity index (χ4v) is 8.02. The van der Waals surface area contributed by atoms with Crippen LogP contribution in [0.25, 0.3) is 0 Å². The molecule has 0 amide bonds. The molecule has 6 atom stereocenters. The molecule has 4 nitrogen and oxygen atoms in total. The second-order valence-electron chi connectivity index (χ2n) is 10.1. The molecule has 1 aliphatic heterocycles. The molecule has 0 radical (unpaired) electrons. The Kier molecular flexibility index (Phi) is 4.51. The van der Waals surface area contributed by atoms with Gasteiger partial charge in [-0.3, -0.25) is 0 Å². The molecule has 6 unspecified atom stereocenters. The summed E-state index contributed by atoms with van der Waals surface area (Å²) in [6.45, 7) is 4.85. The predicted octanol–water partition coefficient (Wildman–Crippen LogP) is 4.33. The van der Waals surface area contributed by atoms with Crippen molar-refractivity contribution in [3.8, 4) is 0 Å². The highest BCUT2D eigenvalue weighted by Crippen LogP contribution is 2.66. The normalized spacial score (nSPS) is 48.0. The van der Waals surface area contributed by atoms with E-state index in [1.807, 2.05) is 14.2 Å². The van der Waals surface area contributed by atoms with E-state index in [-0.39, 0.29) is 11.2 Å². The van der Waals surface area contributed by atoms with Gasteiger partial charge in [-0.15, -0.1) is 0 Å². The van der Waals surface area contributed by atoms with Crippen LogP contribution in [0.2, 0.25) is 0 Å². The zero-order valence-electron chi connectivity index (χ0n) is 17.3. The smallest absolute Gasteiger partial charge is 0.172 e. The lowest BCUT2D eigenvalue weighted by Gasteiger charge is -2.59. The van der Waals surface area contributed by atoms with Crippen LogP contribution >= 0.6 is 0 Å². The van der Waals surface area contributed by atoms with E-state index in [9.17, 15) is 0 Å². The van der Waals surface area contributed by atoms with E-state index in [2.05, 4.69) is 13.0 Å². The first kappa shape index (κ1) is 18.6. The van der Waals surface area contributed by atoms with Gasteiger partial charge < -0.3 is 18.9 Å². The van der Waals surface area contributed by atoms with E-state index in [4.69, 9.17) is 18.9 Å². The van der Waals surface area contributed by atoms with E-state index >= 15 is 0 Å². The third-order valence-corrected chi connectivity index (χ3v) is 9.25. The van der Waals surface area contributed by atoms with E-state index in [1.54, 1.807) is 5.57 Å². The maximum absolute atomic E-state index is 6.08. The van der Waals surface area contributed by atoms with Crippen molar-refractivity contribution in [1.29, 1.82) is 0 Å². The highest BCUT2D eigenvalue weighted by atomic mass is 16.7. The molecule has 0 aromatic carbocycles. The van der Waals surface area contributed by atoms with Gasteiger partial charge in [-0.25, -0.2) is 0 Å². The van der Waals surface area contributed by atoms with Crippen LogP contribution in [0.3, 0.4) is 0 Å². The highest BCUT2D eigenvalue weighted by molar-refractivity contribution is 5.28. The van der Waals surface area contributed by atoms with Crippen molar-refractivity contribution in [3.05, 3.63) is 11.6 Å². The quantitative estimate of drug-likeness (QED) is 0.687. The summed E-state index contributed by atoms with van der Waals surface area (Å²) in [5.74, 6) is 1.97. The number of hydrogen-bond donors (Lipinski definition) is 0. The first-order valence-corrected chi connectivity index (χ1v) is 11.1. The third-order valence-electron chi connectivity index (χ3n) is 9.25. The van der Waals surface area contributed by atoms with Crippen LogP contribution < -0.4 is 0 Å². The summed E-state index contributed by atoms with van der Waals surface area (Å²) in [5.41, 5.74) is 2.14. The number of hydrogen-bond acceptors (Lipinski definition) is 4. The van der Waals surface area contributed by atoms with E-state index in [1.165, 1.54) is 32.1 Å². The average Bonchev–Trinajstić information content (AvgIpc) is 3.26. The predicted molar refractivity (Wildman–Crippen MR) is 103 cm³/mol. The molecule has 1 heterocycles. The molecular formula is C23H36O4. The molecule has 0 N–H and O–H groups in total. The van der Waals surface area contributed by atoms with Crippen LogP contribution in [0.5, 0.6) is 0 Å². The number of ether oxygens (including phenoxy) is 4. The lowest BCUT2D eigenvalue weighted by Crippen LogP contribution is -2.55. The molecule has 5 aliphatic rings. The molecule has 152 valence electrons. The maximum atomic E-state index is 6.08. The fraction of sp³-hybridized carbons (Fsp3) is 0.913. The molecule has 3 saturated carbocycles. The zero-order chi connectivity index (χ0) is 18.7. The van der Waals surface area contributed by atoms with Crippen molar-refractivity contribution in [2.45, 2.75) is 70.2 Å². The lowest BCUT2D eigenvalue weighted by molar-refractivity contribution is -0.192. The molecule has 1 saturated heterocycles. The SMILES string of the molecule is COCC12CCC3(CC1=CCC1C2CCC2(C)C(OC)CCC12)OCCO3. The van der Waals surface area contributed by atoms with Crippen LogP contribution in [0.1, 0.15) is 58.3 Å².